The summed E-state index contributed by atoms with van der Waals surface area (Å²) < 4.78 is 29.6. The van der Waals surface area contributed by atoms with Gasteiger partial charge in [-0.3, -0.25) is 5.43 Å². The molecule has 3 rings (SSSR count). The number of hydrogen-bond acceptors (Lipinski definition) is 3. The van der Waals surface area contributed by atoms with Gasteiger partial charge in [0.05, 0.1) is 5.69 Å². The van der Waals surface area contributed by atoms with Crippen LogP contribution in [0.2, 0.25) is 0 Å². The van der Waals surface area contributed by atoms with E-state index in [-0.39, 0.29) is 11.6 Å². The van der Waals surface area contributed by atoms with Gasteiger partial charge in [-0.25, -0.2) is 8.78 Å². The molecule has 0 unspecified atom stereocenters. The Morgan fingerprint density at radius 2 is 1.52 bits per heavy atom. The molecule has 0 atom stereocenters. The summed E-state index contributed by atoms with van der Waals surface area (Å²) in [6.45, 7) is 12.3. The summed E-state index contributed by atoms with van der Waals surface area (Å²) >= 11 is 0. The van der Waals surface area contributed by atoms with Gasteiger partial charge in [-0.05, 0) is 99.7 Å². The topological polar surface area (TPSA) is 36.4 Å². The number of hydrazone groups is 1. The molecule has 5 heteroatoms. The standard InChI is InChI=1S/C28H31F2N3/c1-17(2)11-12-31-22-8-9-23(26(29)16-22)25-14-19(5)24(13-20(25)6)21-7-10-28(27(30)15-21)33-32-18(3)4/h7-11,13-16,31,33H,12H2,1-6H3. The van der Waals surface area contributed by atoms with Crippen LogP contribution < -0.4 is 10.7 Å². The highest BCUT2D eigenvalue weighted by Crippen LogP contribution is 2.34. The highest BCUT2D eigenvalue weighted by atomic mass is 19.1. The first-order valence-electron chi connectivity index (χ1n) is 11.0. The van der Waals surface area contributed by atoms with Gasteiger partial charge in [0.2, 0.25) is 0 Å². The smallest absolute Gasteiger partial charge is 0.148 e. The number of halogens is 2. The van der Waals surface area contributed by atoms with E-state index in [4.69, 9.17) is 0 Å². The van der Waals surface area contributed by atoms with Gasteiger partial charge < -0.3 is 5.32 Å². The first-order chi connectivity index (χ1) is 15.7. The molecule has 0 spiro atoms. The quantitative estimate of drug-likeness (QED) is 0.218. The van der Waals surface area contributed by atoms with Crippen LogP contribution in [0.5, 0.6) is 0 Å². The Bertz CT molecular complexity index is 1220. The molecular weight excluding hydrogens is 416 g/mol. The van der Waals surface area contributed by atoms with E-state index >= 15 is 0 Å². The SMILES string of the molecule is CC(C)=CCNc1ccc(-c2cc(C)c(-c3ccc(NN=C(C)C)c(F)c3)cc2C)c(F)c1. The summed E-state index contributed by atoms with van der Waals surface area (Å²) in [6, 6.07) is 14.2. The van der Waals surface area contributed by atoms with Crippen molar-refractivity contribution in [3.05, 3.63) is 82.9 Å². The third-order valence-corrected chi connectivity index (χ3v) is 5.33. The summed E-state index contributed by atoms with van der Waals surface area (Å²) in [6.07, 6.45) is 2.06. The largest absolute Gasteiger partial charge is 0.381 e. The second-order valence-electron chi connectivity index (χ2n) is 8.70. The highest BCUT2D eigenvalue weighted by molar-refractivity contribution is 5.80. The van der Waals surface area contributed by atoms with E-state index in [1.54, 1.807) is 12.1 Å². The van der Waals surface area contributed by atoms with E-state index in [1.165, 1.54) is 17.7 Å². The zero-order valence-corrected chi connectivity index (χ0v) is 20.1. The van der Waals surface area contributed by atoms with Crippen molar-refractivity contribution in [2.24, 2.45) is 5.10 Å². The maximum absolute atomic E-state index is 15.0. The van der Waals surface area contributed by atoms with Crippen LogP contribution in [0.15, 0.2) is 65.3 Å². The molecule has 0 aromatic heterocycles. The molecule has 3 aromatic rings. The highest BCUT2D eigenvalue weighted by Gasteiger charge is 2.13. The van der Waals surface area contributed by atoms with E-state index in [1.807, 2.05) is 65.8 Å². The van der Waals surface area contributed by atoms with Crippen LogP contribution in [0.4, 0.5) is 20.2 Å². The fourth-order valence-electron chi connectivity index (χ4n) is 3.58. The van der Waals surface area contributed by atoms with Crippen LogP contribution in [-0.2, 0) is 0 Å². The number of allylic oxidation sites excluding steroid dienone is 1. The van der Waals surface area contributed by atoms with E-state index in [0.717, 1.165) is 39.2 Å². The van der Waals surface area contributed by atoms with Gasteiger partial charge in [0.25, 0.3) is 0 Å². The van der Waals surface area contributed by atoms with Gasteiger partial charge in [0.15, 0.2) is 0 Å². The number of benzene rings is 3. The molecule has 0 radical (unpaired) electrons. The van der Waals surface area contributed by atoms with Crippen molar-refractivity contribution in [3.8, 4) is 22.3 Å². The Labute approximate surface area is 195 Å². The minimum absolute atomic E-state index is 0.277. The van der Waals surface area contributed by atoms with Crippen LogP contribution in [0, 0.1) is 25.5 Å². The van der Waals surface area contributed by atoms with Gasteiger partial charge in [0, 0.05) is 23.5 Å². The predicted octanol–water partition coefficient (Wildman–Crippen LogP) is 8.10. The van der Waals surface area contributed by atoms with Crippen molar-refractivity contribution in [3.63, 3.8) is 0 Å². The number of nitrogens with one attached hydrogen (secondary N) is 2. The molecule has 0 amide bonds. The van der Waals surface area contributed by atoms with Gasteiger partial charge in [0.1, 0.15) is 11.6 Å². The zero-order chi connectivity index (χ0) is 24.1. The first kappa shape index (κ1) is 24.2. The van der Waals surface area contributed by atoms with E-state index < -0.39 is 0 Å². The number of hydrogen-bond donors (Lipinski definition) is 2. The molecule has 0 aliphatic heterocycles. The second-order valence-corrected chi connectivity index (χ2v) is 8.70. The van der Waals surface area contributed by atoms with Crippen molar-refractivity contribution in [2.45, 2.75) is 41.5 Å². The molecule has 172 valence electrons. The third kappa shape index (κ3) is 6.07. The van der Waals surface area contributed by atoms with Crippen LogP contribution >= 0.6 is 0 Å². The maximum atomic E-state index is 15.0. The van der Waals surface area contributed by atoms with Crippen LogP contribution in [-0.4, -0.2) is 12.3 Å². The molecule has 3 aromatic carbocycles. The Balaban J connectivity index is 1.90. The summed E-state index contributed by atoms with van der Waals surface area (Å²) in [4.78, 5) is 0. The van der Waals surface area contributed by atoms with Crippen molar-refractivity contribution in [1.29, 1.82) is 0 Å². The van der Waals surface area contributed by atoms with Crippen molar-refractivity contribution in [1.82, 2.24) is 0 Å². The average molecular weight is 448 g/mol. The number of aryl methyl sites for hydroxylation is 2. The fraction of sp³-hybridized carbons (Fsp3) is 0.250. The second kappa shape index (κ2) is 10.4. The molecule has 0 bridgehead atoms. The Morgan fingerprint density at radius 1 is 0.818 bits per heavy atom. The molecule has 0 saturated heterocycles. The summed E-state index contributed by atoms with van der Waals surface area (Å²) in [7, 11) is 0. The van der Waals surface area contributed by atoms with Gasteiger partial charge >= 0.3 is 0 Å². The van der Waals surface area contributed by atoms with Crippen molar-refractivity contribution < 1.29 is 8.78 Å². The molecular formula is C28H31F2N3. The molecule has 3 nitrogen and oxygen atoms in total. The van der Waals surface area contributed by atoms with E-state index in [9.17, 15) is 8.78 Å². The lowest BCUT2D eigenvalue weighted by Crippen LogP contribution is -2.00. The van der Waals surface area contributed by atoms with E-state index in [2.05, 4.69) is 21.9 Å². The fourth-order valence-corrected chi connectivity index (χ4v) is 3.58. The molecule has 2 N–H and O–H groups in total. The Morgan fingerprint density at radius 3 is 2.15 bits per heavy atom. The molecule has 33 heavy (non-hydrogen) atoms. The van der Waals surface area contributed by atoms with Crippen molar-refractivity contribution in [2.75, 3.05) is 17.3 Å². The molecule has 0 aliphatic carbocycles. The number of rotatable bonds is 7. The van der Waals surface area contributed by atoms with Gasteiger partial charge in [-0.15, -0.1) is 0 Å². The molecule has 0 aliphatic rings. The monoisotopic (exact) mass is 447 g/mol. The van der Waals surface area contributed by atoms with Crippen LogP contribution in [0.25, 0.3) is 22.3 Å². The molecule has 0 heterocycles. The lowest BCUT2D eigenvalue weighted by molar-refractivity contribution is 0.631. The van der Waals surface area contributed by atoms with Crippen LogP contribution in [0.3, 0.4) is 0 Å². The summed E-state index contributed by atoms with van der Waals surface area (Å²) in [5, 5.41) is 7.27. The average Bonchev–Trinajstić information content (AvgIpc) is 2.74. The lowest BCUT2D eigenvalue weighted by atomic mass is 9.91. The van der Waals surface area contributed by atoms with Gasteiger partial charge in [-0.2, -0.15) is 5.10 Å². The Hall–Kier alpha value is -3.47. The van der Waals surface area contributed by atoms with Crippen LogP contribution in [0.1, 0.15) is 38.8 Å². The van der Waals surface area contributed by atoms with Gasteiger partial charge in [-0.1, -0.05) is 29.8 Å². The minimum Gasteiger partial charge on any atom is -0.381 e. The maximum Gasteiger partial charge on any atom is 0.148 e. The normalized spacial score (nSPS) is 10.5. The molecule has 0 saturated carbocycles. The summed E-state index contributed by atoms with van der Waals surface area (Å²) in [5.74, 6) is -0.651. The third-order valence-electron chi connectivity index (χ3n) is 5.33. The summed E-state index contributed by atoms with van der Waals surface area (Å²) in [5.41, 5.74) is 10.8. The van der Waals surface area contributed by atoms with Crippen molar-refractivity contribution >= 4 is 17.1 Å². The zero-order valence-electron chi connectivity index (χ0n) is 20.1. The number of anilines is 2. The Kier molecular flexibility index (Phi) is 7.64. The lowest BCUT2D eigenvalue weighted by Gasteiger charge is -2.15. The predicted molar refractivity (Wildman–Crippen MR) is 137 cm³/mol. The first-order valence-corrected chi connectivity index (χ1v) is 11.0. The molecule has 0 fully saturated rings. The number of nitrogens with zero attached hydrogens (tertiary/aromatic N) is 1. The van der Waals surface area contributed by atoms with E-state index in [0.29, 0.717) is 17.8 Å². The minimum atomic E-state index is -0.374.